The van der Waals surface area contributed by atoms with Crippen LogP contribution < -0.4 is 5.32 Å². The fourth-order valence-corrected chi connectivity index (χ4v) is 1.44. The van der Waals surface area contributed by atoms with Gasteiger partial charge in [-0.1, -0.05) is 18.2 Å². The second-order valence-electron chi connectivity index (χ2n) is 3.41. The van der Waals surface area contributed by atoms with Crippen molar-refractivity contribution in [2.45, 2.75) is 18.9 Å². The molecule has 0 saturated carbocycles. The number of carboxylic acids is 1. The maximum Gasteiger partial charge on any atom is 0.305 e. The predicted octanol–water partition coefficient (Wildman–Crippen LogP) is 1.89. The highest BCUT2D eigenvalue weighted by Crippen LogP contribution is 2.23. The van der Waals surface area contributed by atoms with Crippen molar-refractivity contribution in [1.82, 2.24) is 5.32 Å². The molecule has 0 fully saturated rings. The van der Waals surface area contributed by atoms with Crippen molar-refractivity contribution in [2.24, 2.45) is 0 Å². The van der Waals surface area contributed by atoms with Crippen LogP contribution in [0.1, 0.15) is 30.0 Å². The number of carbonyl (C=O) groups is 2. The molecule has 4 nitrogen and oxygen atoms in total. The molecule has 1 amide bonds. The highest BCUT2D eigenvalue weighted by molar-refractivity contribution is 5.68. The highest BCUT2D eigenvalue weighted by Gasteiger charge is 2.16. The number of aliphatic carboxylic acids is 1. The third-order valence-electron chi connectivity index (χ3n) is 2.21. The number of nitrogens with one attached hydrogen (secondary N) is 1. The Morgan fingerprint density at radius 1 is 1.41 bits per heavy atom. The Kier molecular flexibility index (Phi) is 4.56. The first-order valence-corrected chi connectivity index (χ1v) is 4.84. The van der Waals surface area contributed by atoms with Crippen LogP contribution in [0, 0.1) is 0 Å². The number of alkyl halides is 2. The lowest BCUT2D eigenvalue weighted by atomic mass is 10.0. The Morgan fingerprint density at radius 2 is 2.06 bits per heavy atom. The molecule has 6 heteroatoms. The van der Waals surface area contributed by atoms with Gasteiger partial charge >= 0.3 is 5.97 Å². The molecule has 1 aromatic carbocycles. The van der Waals surface area contributed by atoms with E-state index in [1.807, 2.05) is 0 Å². The predicted molar refractivity (Wildman–Crippen MR) is 55.6 cm³/mol. The number of amides is 1. The summed E-state index contributed by atoms with van der Waals surface area (Å²) in [6.45, 7) is 0. The van der Waals surface area contributed by atoms with Gasteiger partial charge in [0.15, 0.2) is 0 Å². The summed E-state index contributed by atoms with van der Waals surface area (Å²) >= 11 is 0. The van der Waals surface area contributed by atoms with E-state index in [1.165, 1.54) is 24.3 Å². The molecule has 17 heavy (non-hydrogen) atoms. The van der Waals surface area contributed by atoms with E-state index < -0.39 is 18.4 Å². The van der Waals surface area contributed by atoms with Gasteiger partial charge in [0.1, 0.15) is 0 Å². The second-order valence-corrected chi connectivity index (χ2v) is 3.41. The van der Waals surface area contributed by atoms with E-state index in [4.69, 9.17) is 5.11 Å². The SMILES string of the molecule is O=CN[C@H](CC(=O)O)c1cccc(C(F)F)c1. The third kappa shape index (κ3) is 3.82. The lowest BCUT2D eigenvalue weighted by molar-refractivity contribution is -0.137. The van der Waals surface area contributed by atoms with Gasteiger partial charge in [0, 0.05) is 5.56 Å². The van der Waals surface area contributed by atoms with Crippen LogP contribution in [0.2, 0.25) is 0 Å². The van der Waals surface area contributed by atoms with Crippen molar-refractivity contribution < 1.29 is 23.5 Å². The number of benzene rings is 1. The molecule has 2 N–H and O–H groups in total. The minimum absolute atomic E-state index is 0.203. The Morgan fingerprint density at radius 3 is 2.59 bits per heavy atom. The Bertz CT molecular complexity index is 409. The molecule has 1 aromatic rings. The number of rotatable bonds is 6. The van der Waals surface area contributed by atoms with Crippen molar-refractivity contribution in [3.05, 3.63) is 35.4 Å². The van der Waals surface area contributed by atoms with Crippen LogP contribution in [0.5, 0.6) is 0 Å². The van der Waals surface area contributed by atoms with Crippen LogP contribution in [0.25, 0.3) is 0 Å². The molecule has 0 spiro atoms. The first-order valence-electron chi connectivity index (χ1n) is 4.84. The summed E-state index contributed by atoms with van der Waals surface area (Å²) in [5, 5.41) is 10.9. The van der Waals surface area contributed by atoms with Gasteiger partial charge in [-0.05, 0) is 11.6 Å². The van der Waals surface area contributed by atoms with Crippen LogP contribution in [0.15, 0.2) is 24.3 Å². The van der Waals surface area contributed by atoms with E-state index in [9.17, 15) is 18.4 Å². The van der Waals surface area contributed by atoms with E-state index in [-0.39, 0.29) is 12.0 Å². The molecule has 0 saturated heterocycles. The zero-order chi connectivity index (χ0) is 12.8. The second kappa shape index (κ2) is 5.93. The first kappa shape index (κ1) is 13.1. The number of hydrogen-bond donors (Lipinski definition) is 2. The monoisotopic (exact) mass is 243 g/mol. The maximum absolute atomic E-state index is 12.5. The van der Waals surface area contributed by atoms with Gasteiger partial charge in [0.2, 0.25) is 6.41 Å². The fourth-order valence-electron chi connectivity index (χ4n) is 1.44. The average Bonchev–Trinajstić information content (AvgIpc) is 2.28. The van der Waals surface area contributed by atoms with Crippen LogP contribution in [-0.4, -0.2) is 17.5 Å². The van der Waals surface area contributed by atoms with Crippen LogP contribution in [-0.2, 0) is 9.59 Å². The summed E-state index contributed by atoms with van der Waals surface area (Å²) in [6, 6.07) is 4.53. The molecular weight excluding hydrogens is 232 g/mol. The van der Waals surface area contributed by atoms with Crippen LogP contribution >= 0.6 is 0 Å². The summed E-state index contributed by atoms with van der Waals surface area (Å²) in [6.07, 6.45) is -2.63. The lowest BCUT2D eigenvalue weighted by Gasteiger charge is -2.15. The first-order chi connectivity index (χ1) is 8.04. The molecule has 0 radical (unpaired) electrons. The van der Waals surface area contributed by atoms with E-state index >= 15 is 0 Å². The largest absolute Gasteiger partial charge is 0.481 e. The van der Waals surface area contributed by atoms with E-state index in [1.54, 1.807) is 0 Å². The van der Waals surface area contributed by atoms with Crippen LogP contribution in [0.4, 0.5) is 8.78 Å². The molecule has 0 aromatic heterocycles. The van der Waals surface area contributed by atoms with E-state index in [0.717, 1.165) is 0 Å². The van der Waals surface area contributed by atoms with Gasteiger partial charge < -0.3 is 10.4 Å². The van der Waals surface area contributed by atoms with Crippen molar-refractivity contribution in [3.63, 3.8) is 0 Å². The number of carbonyl (C=O) groups excluding carboxylic acids is 1. The molecule has 0 aliphatic carbocycles. The molecule has 0 unspecified atom stereocenters. The van der Waals surface area contributed by atoms with E-state index in [0.29, 0.717) is 12.0 Å². The summed E-state index contributed by atoms with van der Waals surface area (Å²) in [7, 11) is 0. The molecule has 1 atom stereocenters. The summed E-state index contributed by atoms with van der Waals surface area (Å²) in [5.74, 6) is -1.12. The van der Waals surface area contributed by atoms with E-state index in [2.05, 4.69) is 5.32 Å². The standard InChI is InChI=1S/C11H11F2NO3/c12-11(13)8-3-1-2-7(4-8)9(14-6-15)5-10(16)17/h1-4,6,9,11H,5H2,(H,14,15)(H,16,17)/t9-/m1/s1. The zero-order valence-electron chi connectivity index (χ0n) is 8.77. The van der Waals surface area contributed by atoms with Crippen molar-refractivity contribution in [1.29, 1.82) is 0 Å². The smallest absolute Gasteiger partial charge is 0.305 e. The average molecular weight is 243 g/mol. The summed E-state index contributed by atoms with van der Waals surface area (Å²) in [5.41, 5.74) is 0.142. The van der Waals surface area contributed by atoms with Gasteiger partial charge in [-0.25, -0.2) is 8.78 Å². The topological polar surface area (TPSA) is 66.4 Å². The van der Waals surface area contributed by atoms with Crippen molar-refractivity contribution in [2.75, 3.05) is 0 Å². The van der Waals surface area contributed by atoms with Gasteiger partial charge in [0.25, 0.3) is 6.43 Å². The molecule has 92 valence electrons. The number of carboxylic acid groups (broad SMARTS) is 1. The van der Waals surface area contributed by atoms with Gasteiger partial charge in [-0.15, -0.1) is 0 Å². The normalized spacial score (nSPS) is 12.2. The molecule has 0 heterocycles. The fraction of sp³-hybridized carbons (Fsp3) is 0.273. The highest BCUT2D eigenvalue weighted by atomic mass is 19.3. The summed E-state index contributed by atoms with van der Waals surface area (Å²) in [4.78, 5) is 20.9. The summed E-state index contributed by atoms with van der Waals surface area (Å²) < 4.78 is 24.9. The molecule has 1 rings (SSSR count). The third-order valence-corrected chi connectivity index (χ3v) is 2.21. The number of halogens is 2. The Hall–Kier alpha value is -1.98. The van der Waals surface area contributed by atoms with Gasteiger partial charge in [-0.2, -0.15) is 0 Å². The minimum atomic E-state index is -2.63. The Balaban J connectivity index is 2.96. The quantitative estimate of drug-likeness (QED) is 0.750. The van der Waals surface area contributed by atoms with Crippen molar-refractivity contribution in [3.8, 4) is 0 Å². The molecular formula is C11H11F2NO3. The number of hydrogen-bond acceptors (Lipinski definition) is 2. The minimum Gasteiger partial charge on any atom is -0.481 e. The Labute approximate surface area is 96.3 Å². The maximum atomic E-state index is 12.5. The zero-order valence-corrected chi connectivity index (χ0v) is 8.77. The lowest BCUT2D eigenvalue weighted by Crippen LogP contribution is -2.22. The molecule has 0 aliphatic rings. The van der Waals surface area contributed by atoms with Crippen molar-refractivity contribution >= 4 is 12.4 Å². The van der Waals surface area contributed by atoms with Gasteiger partial charge in [0.05, 0.1) is 12.5 Å². The van der Waals surface area contributed by atoms with Gasteiger partial charge in [-0.3, -0.25) is 9.59 Å². The molecule has 0 bridgehead atoms. The van der Waals surface area contributed by atoms with Crippen LogP contribution in [0.3, 0.4) is 0 Å². The molecule has 0 aliphatic heterocycles.